The number of nitrogens with one attached hydrogen (secondary N) is 1. The second-order valence-corrected chi connectivity index (χ2v) is 5.81. The molecule has 19 heavy (non-hydrogen) atoms. The second kappa shape index (κ2) is 7.06. The van der Waals surface area contributed by atoms with Crippen LogP contribution in [0.25, 0.3) is 0 Å². The molecule has 2 nitrogen and oxygen atoms in total. The van der Waals surface area contributed by atoms with Crippen molar-refractivity contribution in [1.82, 2.24) is 10.2 Å². The van der Waals surface area contributed by atoms with E-state index in [1.165, 1.54) is 36.9 Å². The fourth-order valence-electron chi connectivity index (χ4n) is 3.16. The molecular formula is C17H28N2. The molecule has 1 aromatic carbocycles. The van der Waals surface area contributed by atoms with Crippen molar-refractivity contribution in [1.29, 1.82) is 0 Å². The average Bonchev–Trinajstić information content (AvgIpc) is 2.41. The maximum absolute atomic E-state index is 3.67. The molecule has 106 valence electrons. The maximum Gasteiger partial charge on any atom is 0.0451 e. The van der Waals surface area contributed by atoms with Crippen LogP contribution >= 0.6 is 0 Å². The van der Waals surface area contributed by atoms with Gasteiger partial charge < -0.3 is 5.32 Å². The van der Waals surface area contributed by atoms with Gasteiger partial charge in [-0.05, 0) is 50.9 Å². The third-order valence-corrected chi connectivity index (χ3v) is 4.37. The van der Waals surface area contributed by atoms with Gasteiger partial charge in [-0.2, -0.15) is 0 Å². The molecule has 0 spiro atoms. The monoisotopic (exact) mass is 260 g/mol. The predicted molar refractivity (Wildman–Crippen MR) is 82.5 cm³/mol. The Morgan fingerprint density at radius 3 is 2.79 bits per heavy atom. The van der Waals surface area contributed by atoms with Gasteiger partial charge in [0.2, 0.25) is 0 Å². The molecule has 1 saturated heterocycles. The standard InChI is InChI=1S/C17H28N2/c1-4-18-17(16-11-6-5-9-14(16)2)13-19-12-8-7-10-15(19)3/h5-6,9,11,15,17-18H,4,7-8,10,12-13H2,1-3H3. The van der Waals surface area contributed by atoms with Crippen LogP contribution in [0, 0.1) is 6.92 Å². The molecule has 1 aliphatic heterocycles. The number of hydrogen-bond acceptors (Lipinski definition) is 2. The summed E-state index contributed by atoms with van der Waals surface area (Å²) in [5, 5.41) is 3.67. The fourth-order valence-corrected chi connectivity index (χ4v) is 3.16. The van der Waals surface area contributed by atoms with Gasteiger partial charge in [-0.3, -0.25) is 4.90 Å². The Morgan fingerprint density at radius 1 is 1.32 bits per heavy atom. The Morgan fingerprint density at radius 2 is 2.11 bits per heavy atom. The Labute approximate surface area is 118 Å². The minimum Gasteiger partial charge on any atom is -0.309 e. The lowest BCUT2D eigenvalue weighted by Crippen LogP contribution is -2.43. The summed E-state index contributed by atoms with van der Waals surface area (Å²) in [6.45, 7) is 10.2. The van der Waals surface area contributed by atoms with Crippen LogP contribution in [0.1, 0.15) is 50.3 Å². The smallest absolute Gasteiger partial charge is 0.0451 e. The molecule has 2 rings (SSSR count). The van der Waals surface area contributed by atoms with Gasteiger partial charge in [-0.15, -0.1) is 0 Å². The molecule has 0 bridgehead atoms. The number of piperidine rings is 1. The van der Waals surface area contributed by atoms with Gasteiger partial charge in [0.1, 0.15) is 0 Å². The molecule has 2 atom stereocenters. The van der Waals surface area contributed by atoms with Gasteiger partial charge in [0, 0.05) is 18.6 Å². The van der Waals surface area contributed by atoms with Crippen molar-refractivity contribution in [2.45, 2.75) is 52.1 Å². The molecule has 0 amide bonds. The van der Waals surface area contributed by atoms with Gasteiger partial charge in [-0.25, -0.2) is 0 Å². The highest BCUT2D eigenvalue weighted by Crippen LogP contribution is 2.23. The Balaban J connectivity index is 2.09. The van der Waals surface area contributed by atoms with E-state index in [4.69, 9.17) is 0 Å². The van der Waals surface area contributed by atoms with Crippen LogP contribution in [-0.2, 0) is 0 Å². The third kappa shape index (κ3) is 3.80. The molecule has 1 N–H and O–H groups in total. The van der Waals surface area contributed by atoms with Crippen molar-refractivity contribution in [2.75, 3.05) is 19.6 Å². The summed E-state index contributed by atoms with van der Waals surface area (Å²) in [5.74, 6) is 0. The van der Waals surface area contributed by atoms with Crippen LogP contribution in [0.2, 0.25) is 0 Å². The number of likely N-dealkylation sites (N-methyl/N-ethyl adjacent to an activating group) is 1. The first-order valence-electron chi connectivity index (χ1n) is 7.75. The van der Waals surface area contributed by atoms with Crippen molar-refractivity contribution in [3.05, 3.63) is 35.4 Å². The molecule has 0 radical (unpaired) electrons. The van der Waals surface area contributed by atoms with Gasteiger partial charge in [0.25, 0.3) is 0 Å². The summed E-state index contributed by atoms with van der Waals surface area (Å²) in [7, 11) is 0. The number of likely N-dealkylation sites (tertiary alicyclic amines) is 1. The molecule has 1 aliphatic rings. The Hall–Kier alpha value is -0.860. The zero-order valence-corrected chi connectivity index (χ0v) is 12.7. The van der Waals surface area contributed by atoms with Crippen LogP contribution < -0.4 is 5.32 Å². The molecule has 0 aliphatic carbocycles. The first-order valence-corrected chi connectivity index (χ1v) is 7.75. The molecule has 2 heteroatoms. The molecule has 1 fully saturated rings. The Bertz CT molecular complexity index is 389. The van der Waals surface area contributed by atoms with Crippen LogP contribution in [-0.4, -0.2) is 30.6 Å². The van der Waals surface area contributed by atoms with Gasteiger partial charge >= 0.3 is 0 Å². The van der Waals surface area contributed by atoms with E-state index in [0.29, 0.717) is 6.04 Å². The summed E-state index contributed by atoms with van der Waals surface area (Å²) in [6.07, 6.45) is 4.11. The third-order valence-electron chi connectivity index (χ3n) is 4.37. The quantitative estimate of drug-likeness (QED) is 0.871. The minimum atomic E-state index is 0.465. The molecule has 0 aromatic heterocycles. The van der Waals surface area contributed by atoms with E-state index in [-0.39, 0.29) is 0 Å². The summed E-state index contributed by atoms with van der Waals surface area (Å²) < 4.78 is 0. The van der Waals surface area contributed by atoms with E-state index < -0.39 is 0 Å². The van der Waals surface area contributed by atoms with E-state index in [1.807, 2.05) is 0 Å². The lowest BCUT2D eigenvalue weighted by molar-refractivity contribution is 0.144. The average molecular weight is 260 g/mol. The van der Waals surface area contributed by atoms with Gasteiger partial charge in [0.05, 0.1) is 0 Å². The molecular weight excluding hydrogens is 232 g/mol. The SMILES string of the molecule is CCNC(CN1CCCCC1C)c1ccccc1C. The van der Waals surface area contributed by atoms with E-state index in [1.54, 1.807) is 0 Å². The summed E-state index contributed by atoms with van der Waals surface area (Å²) >= 11 is 0. The highest BCUT2D eigenvalue weighted by Gasteiger charge is 2.22. The lowest BCUT2D eigenvalue weighted by atomic mass is 9.98. The topological polar surface area (TPSA) is 15.3 Å². The summed E-state index contributed by atoms with van der Waals surface area (Å²) in [5.41, 5.74) is 2.86. The normalized spacial score (nSPS) is 22.4. The van der Waals surface area contributed by atoms with Gasteiger partial charge in [-0.1, -0.05) is 37.6 Å². The highest BCUT2D eigenvalue weighted by atomic mass is 15.2. The number of benzene rings is 1. The van der Waals surface area contributed by atoms with Gasteiger partial charge in [0.15, 0.2) is 0 Å². The van der Waals surface area contributed by atoms with Crippen molar-refractivity contribution >= 4 is 0 Å². The van der Waals surface area contributed by atoms with Crippen LogP contribution in [0.15, 0.2) is 24.3 Å². The fraction of sp³-hybridized carbons (Fsp3) is 0.647. The lowest BCUT2D eigenvalue weighted by Gasteiger charge is -2.36. The number of aryl methyl sites for hydroxylation is 1. The van der Waals surface area contributed by atoms with E-state index >= 15 is 0 Å². The number of nitrogens with zero attached hydrogens (tertiary/aromatic N) is 1. The van der Waals surface area contributed by atoms with Crippen LogP contribution in [0.5, 0.6) is 0 Å². The first kappa shape index (κ1) is 14.5. The highest BCUT2D eigenvalue weighted by molar-refractivity contribution is 5.29. The molecule has 2 unspecified atom stereocenters. The van der Waals surface area contributed by atoms with E-state index in [0.717, 1.165) is 19.1 Å². The van der Waals surface area contributed by atoms with E-state index in [2.05, 4.69) is 55.3 Å². The zero-order chi connectivity index (χ0) is 13.7. The Kier molecular flexibility index (Phi) is 5.41. The summed E-state index contributed by atoms with van der Waals surface area (Å²) in [4.78, 5) is 2.66. The summed E-state index contributed by atoms with van der Waals surface area (Å²) in [6, 6.07) is 9.99. The maximum atomic E-state index is 3.67. The predicted octanol–water partition coefficient (Wildman–Crippen LogP) is 3.52. The zero-order valence-electron chi connectivity index (χ0n) is 12.7. The minimum absolute atomic E-state index is 0.465. The largest absolute Gasteiger partial charge is 0.309 e. The molecule has 1 aromatic rings. The van der Waals surface area contributed by atoms with Crippen molar-refractivity contribution in [3.63, 3.8) is 0 Å². The first-order chi connectivity index (χ1) is 9.22. The van der Waals surface area contributed by atoms with Crippen LogP contribution in [0.4, 0.5) is 0 Å². The number of rotatable bonds is 5. The van der Waals surface area contributed by atoms with Crippen molar-refractivity contribution in [3.8, 4) is 0 Å². The van der Waals surface area contributed by atoms with Crippen molar-refractivity contribution < 1.29 is 0 Å². The molecule has 1 heterocycles. The second-order valence-electron chi connectivity index (χ2n) is 5.81. The molecule has 0 saturated carbocycles. The van der Waals surface area contributed by atoms with E-state index in [9.17, 15) is 0 Å². The van der Waals surface area contributed by atoms with Crippen molar-refractivity contribution in [2.24, 2.45) is 0 Å². The van der Waals surface area contributed by atoms with Crippen LogP contribution in [0.3, 0.4) is 0 Å². The number of hydrogen-bond donors (Lipinski definition) is 1.